The van der Waals surface area contributed by atoms with Crippen molar-refractivity contribution in [2.24, 2.45) is 5.92 Å². The highest BCUT2D eigenvalue weighted by Crippen LogP contribution is 2.21. The van der Waals surface area contributed by atoms with E-state index in [1.165, 1.54) is 4.90 Å². The first-order valence-corrected chi connectivity index (χ1v) is 7.21. The van der Waals surface area contributed by atoms with Crippen molar-refractivity contribution in [3.8, 4) is 0 Å². The number of hydrogen-bond acceptors (Lipinski definition) is 4. The van der Waals surface area contributed by atoms with Gasteiger partial charge in [0.15, 0.2) is 0 Å². The lowest BCUT2D eigenvalue weighted by Crippen LogP contribution is -2.49. The van der Waals surface area contributed by atoms with Gasteiger partial charge in [0, 0.05) is 12.7 Å². The van der Waals surface area contributed by atoms with Crippen LogP contribution in [0.4, 0.5) is 5.82 Å². The number of aliphatic carboxylic acids is 1. The van der Waals surface area contributed by atoms with Crippen molar-refractivity contribution >= 4 is 17.7 Å². The first-order chi connectivity index (χ1) is 10.0. The minimum Gasteiger partial charge on any atom is -0.480 e. The highest BCUT2D eigenvalue weighted by Gasteiger charge is 2.38. The quantitative estimate of drug-likeness (QED) is 0.861. The van der Waals surface area contributed by atoms with Gasteiger partial charge in [0.1, 0.15) is 17.9 Å². The fourth-order valence-corrected chi connectivity index (χ4v) is 2.59. The van der Waals surface area contributed by atoms with Crippen LogP contribution < -0.4 is 5.32 Å². The standard InChI is InChI=1S/C15H21N3O3/c1-10(2)13(17-12-7-3-4-8-16-12)14(19)18-9-5-6-11(18)15(20)21/h3-4,7-8,10-11,13H,5-6,9H2,1-2H3,(H,16,17)(H,20,21)/t11-,13-/m0/s1. The number of likely N-dealkylation sites (tertiary alicyclic amines) is 1. The van der Waals surface area contributed by atoms with Gasteiger partial charge in [-0.3, -0.25) is 4.79 Å². The van der Waals surface area contributed by atoms with Crippen molar-refractivity contribution in [2.45, 2.75) is 38.8 Å². The van der Waals surface area contributed by atoms with Crippen molar-refractivity contribution in [1.29, 1.82) is 0 Å². The molecule has 2 heterocycles. The van der Waals surface area contributed by atoms with Crippen molar-refractivity contribution < 1.29 is 14.7 Å². The van der Waals surface area contributed by atoms with E-state index in [9.17, 15) is 14.7 Å². The van der Waals surface area contributed by atoms with Gasteiger partial charge in [-0.15, -0.1) is 0 Å². The predicted molar refractivity (Wildman–Crippen MR) is 78.9 cm³/mol. The van der Waals surface area contributed by atoms with E-state index in [0.29, 0.717) is 18.8 Å². The van der Waals surface area contributed by atoms with E-state index >= 15 is 0 Å². The Morgan fingerprint density at radius 2 is 2.19 bits per heavy atom. The number of carbonyl (C=O) groups is 2. The summed E-state index contributed by atoms with van der Waals surface area (Å²) in [4.78, 5) is 29.6. The minimum atomic E-state index is -0.929. The first-order valence-electron chi connectivity index (χ1n) is 7.21. The molecule has 1 aromatic rings. The van der Waals surface area contributed by atoms with E-state index in [0.717, 1.165) is 6.42 Å². The average molecular weight is 291 g/mol. The Labute approximate surface area is 124 Å². The largest absolute Gasteiger partial charge is 0.480 e. The minimum absolute atomic E-state index is 0.0366. The van der Waals surface area contributed by atoms with Gasteiger partial charge >= 0.3 is 5.97 Å². The second-order valence-electron chi connectivity index (χ2n) is 5.61. The van der Waals surface area contributed by atoms with E-state index < -0.39 is 18.1 Å². The Balaban J connectivity index is 2.14. The fraction of sp³-hybridized carbons (Fsp3) is 0.533. The number of aromatic nitrogens is 1. The van der Waals surface area contributed by atoms with E-state index in [4.69, 9.17) is 0 Å². The zero-order valence-electron chi connectivity index (χ0n) is 12.3. The van der Waals surface area contributed by atoms with Gasteiger partial charge in [-0.25, -0.2) is 9.78 Å². The number of nitrogens with one attached hydrogen (secondary N) is 1. The highest BCUT2D eigenvalue weighted by molar-refractivity contribution is 5.89. The lowest BCUT2D eigenvalue weighted by molar-refractivity contribution is -0.148. The lowest BCUT2D eigenvalue weighted by Gasteiger charge is -2.29. The van der Waals surface area contributed by atoms with Crippen LogP contribution in [-0.4, -0.2) is 45.5 Å². The van der Waals surface area contributed by atoms with Crippen molar-refractivity contribution in [1.82, 2.24) is 9.88 Å². The molecule has 1 saturated heterocycles. The molecule has 1 amide bonds. The molecule has 0 saturated carbocycles. The number of anilines is 1. The first kappa shape index (κ1) is 15.3. The van der Waals surface area contributed by atoms with Crippen LogP contribution in [0.25, 0.3) is 0 Å². The predicted octanol–water partition coefficient (Wildman–Crippen LogP) is 1.59. The Kier molecular flexibility index (Phi) is 4.77. The van der Waals surface area contributed by atoms with E-state index in [-0.39, 0.29) is 11.8 Å². The molecule has 6 heteroatoms. The molecule has 2 rings (SSSR count). The summed E-state index contributed by atoms with van der Waals surface area (Å²) in [7, 11) is 0. The summed E-state index contributed by atoms with van der Waals surface area (Å²) in [6.45, 7) is 4.37. The molecular formula is C15H21N3O3. The second-order valence-corrected chi connectivity index (χ2v) is 5.61. The topological polar surface area (TPSA) is 82.5 Å². The molecule has 0 aliphatic carbocycles. The Hall–Kier alpha value is -2.11. The molecule has 1 aromatic heterocycles. The zero-order valence-corrected chi connectivity index (χ0v) is 12.3. The third-order valence-corrected chi connectivity index (χ3v) is 3.72. The monoisotopic (exact) mass is 291 g/mol. The van der Waals surface area contributed by atoms with Gasteiger partial charge in [0.2, 0.25) is 5.91 Å². The van der Waals surface area contributed by atoms with Gasteiger partial charge in [-0.1, -0.05) is 19.9 Å². The Morgan fingerprint density at radius 1 is 1.43 bits per heavy atom. The summed E-state index contributed by atoms with van der Waals surface area (Å²) < 4.78 is 0. The number of carboxylic acids is 1. The summed E-state index contributed by atoms with van der Waals surface area (Å²) in [5.74, 6) is -0.438. The van der Waals surface area contributed by atoms with Crippen LogP contribution in [0.5, 0.6) is 0 Å². The third-order valence-electron chi connectivity index (χ3n) is 3.72. The molecule has 0 unspecified atom stereocenters. The molecule has 1 fully saturated rings. The van der Waals surface area contributed by atoms with Crippen molar-refractivity contribution in [3.05, 3.63) is 24.4 Å². The highest BCUT2D eigenvalue weighted by atomic mass is 16.4. The lowest BCUT2D eigenvalue weighted by atomic mass is 10.0. The van der Waals surface area contributed by atoms with Gasteiger partial charge in [0.05, 0.1) is 0 Å². The molecule has 1 aliphatic heterocycles. The number of carbonyl (C=O) groups excluding carboxylic acids is 1. The maximum absolute atomic E-state index is 12.7. The van der Waals surface area contributed by atoms with Crippen LogP contribution >= 0.6 is 0 Å². The molecule has 0 bridgehead atoms. The Bertz CT molecular complexity index is 504. The second kappa shape index (κ2) is 6.56. The number of pyridine rings is 1. The molecule has 0 aromatic carbocycles. The average Bonchev–Trinajstić information content (AvgIpc) is 2.94. The van der Waals surface area contributed by atoms with Gasteiger partial charge in [-0.2, -0.15) is 0 Å². The molecule has 2 atom stereocenters. The van der Waals surface area contributed by atoms with E-state index in [1.807, 2.05) is 19.9 Å². The molecule has 0 spiro atoms. The molecular weight excluding hydrogens is 270 g/mol. The van der Waals surface area contributed by atoms with Crippen molar-refractivity contribution in [2.75, 3.05) is 11.9 Å². The van der Waals surface area contributed by atoms with Gasteiger partial charge in [-0.05, 0) is 30.9 Å². The summed E-state index contributed by atoms with van der Waals surface area (Å²) in [6.07, 6.45) is 2.91. The van der Waals surface area contributed by atoms with E-state index in [2.05, 4.69) is 10.3 Å². The molecule has 114 valence electrons. The molecule has 21 heavy (non-hydrogen) atoms. The van der Waals surface area contributed by atoms with Gasteiger partial charge in [0.25, 0.3) is 0 Å². The van der Waals surface area contributed by atoms with Crippen LogP contribution in [0.2, 0.25) is 0 Å². The van der Waals surface area contributed by atoms with Crippen LogP contribution in [0.15, 0.2) is 24.4 Å². The summed E-state index contributed by atoms with van der Waals surface area (Å²) in [5.41, 5.74) is 0. The SMILES string of the molecule is CC(C)[C@H](Nc1ccccn1)C(=O)N1CCC[C@H]1C(=O)O. The van der Waals surface area contributed by atoms with Gasteiger partial charge < -0.3 is 15.3 Å². The number of rotatable bonds is 5. The number of amides is 1. The molecule has 2 N–H and O–H groups in total. The summed E-state index contributed by atoms with van der Waals surface area (Å²) in [5, 5.41) is 12.3. The maximum atomic E-state index is 12.7. The smallest absolute Gasteiger partial charge is 0.326 e. The van der Waals surface area contributed by atoms with Crippen LogP contribution in [0.3, 0.4) is 0 Å². The molecule has 6 nitrogen and oxygen atoms in total. The third kappa shape index (κ3) is 3.51. The van der Waals surface area contributed by atoms with Crippen molar-refractivity contribution in [3.63, 3.8) is 0 Å². The van der Waals surface area contributed by atoms with E-state index in [1.54, 1.807) is 18.3 Å². The molecule has 1 aliphatic rings. The zero-order chi connectivity index (χ0) is 15.4. The summed E-state index contributed by atoms with van der Waals surface area (Å²) in [6, 6.07) is 4.26. The maximum Gasteiger partial charge on any atom is 0.326 e. The van der Waals surface area contributed by atoms with Crippen LogP contribution in [-0.2, 0) is 9.59 Å². The number of nitrogens with zero attached hydrogens (tertiary/aromatic N) is 2. The molecule has 0 radical (unpaired) electrons. The number of hydrogen-bond donors (Lipinski definition) is 2. The Morgan fingerprint density at radius 3 is 2.76 bits per heavy atom. The van der Waals surface area contributed by atoms with Crippen LogP contribution in [0.1, 0.15) is 26.7 Å². The summed E-state index contributed by atoms with van der Waals surface area (Å²) >= 11 is 0. The normalized spacial score (nSPS) is 19.6. The fourth-order valence-electron chi connectivity index (χ4n) is 2.59. The number of carboxylic acid groups (broad SMARTS) is 1. The van der Waals surface area contributed by atoms with Crippen LogP contribution in [0, 0.1) is 5.92 Å².